The zero-order chi connectivity index (χ0) is 68.7. The van der Waals surface area contributed by atoms with Crippen LogP contribution >= 0.6 is 34.8 Å². The summed E-state index contributed by atoms with van der Waals surface area (Å²) >= 11 is 19.5. The van der Waals surface area contributed by atoms with E-state index in [0.29, 0.717) is 63.1 Å². The van der Waals surface area contributed by atoms with Gasteiger partial charge in [-0.3, -0.25) is 15.0 Å². The molecule has 6 aliphatic rings. The lowest BCUT2D eigenvalue weighted by molar-refractivity contribution is 0.0893. The molecule has 0 spiro atoms. The molecule has 3 aliphatic heterocycles. The first kappa shape index (κ1) is 69.8. The summed E-state index contributed by atoms with van der Waals surface area (Å²) in [5.41, 5.74) is 18.7. The van der Waals surface area contributed by atoms with Crippen LogP contribution < -0.4 is 5.32 Å². The van der Waals surface area contributed by atoms with Crippen LogP contribution in [-0.2, 0) is 29.1 Å². The number of halogens is 3. The fourth-order valence-corrected chi connectivity index (χ4v) is 16.5. The number of likely N-dealkylation sites (tertiary alicyclic amines) is 2. The lowest BCUT2D eigenvalue weighted by Crippen LogP contribution is -2.40. The van der Waals surface area contributed by atoms with E-state index < -0.39 is 0 Å². The molecule has 3 unspecified atom stereocenters. The summed E-state index contributed by atoms with van der Waals surface area (Å²) in [4.78, 5) is 55.4. The second-order valence-electron chi connectivity index (χ2n) is 26.9. The Balaban J connectivity index is 0.000000135. The highest BCUT2D eigenvalue weighted by Gasteiger charge is 2.39. The highest BCUT2D eigenvalue weighted by atomic mass is 35.5. The van der Waals surface area contributed by atoms with Crippen molar-refractivity contribution in [2.24, 2.45) is 17.8 Å². The second kappa shape index (κ2) is 33.7. The molecule has 16 nitrogen and oxygen atoms in total. The summed E-state index contributed by atoms with van der Waals surface area (Å²) < 4.78 is 16.8. The molecule has 3 aliphatic carbocycles. The monoisotopic (exact) mass is 1400 g/mol. The van der Waals surface area contributed by atoms with E-state index in [1.807, 2.05) is 129 Å². The lowest BCUT2D eigenvalue weighted by Gasteiger charge is -2.36. The summed E-state index contributed by atoms with van der Waals surface area (Å²) in [5.74, 6) is 1.99. The number of amides is 2. The molecule has 9 aromatic rings. The van der Waals surface area contributed by atoms with Crippen LogP contribution in [0.25, 0.3) is 34.9 Å². The van der Waals surface area contributed by atoms with Crippen molar-refractivity contribution < 1.29 is 19.1 Å². The van der Waals surface area contributed by atoms with Crippen molar-refractivity contribution in [3.05, 3.63) is 248 Å². The van der Waals surface area contributed by atoms with E-state index in [9.17, 15) is 9.59 Å². The van der Waals surface area contributed by atoms with E-state index in [1.54, 1.807) is 0 Å². The highest BCUT2D eigenvalue weighted by molar-refractivity contribution is 6.31. The quantitative estimate of drug-likeness (QED) is 0.0923. The summed E-state index contributed by atoms with van der Waals surface area (Å²) in [7, 11) is 0. The average Bonchev–Trinajstić information content (AvgIpc) is 1.58. The first-order chi connectivity index (χ1) is 49.1. The van der Waals surface area contributed by atoms with Crippen LogP contribution in [0.2, 0.25) is 15.1 Å². The molecule has 100 heavy (non-hydrogen) atoms. The summed E-state index contributed by atoms with van der Waals surface area (Å²) in [6.07, 6.45) is 41.4. The van der Waals surface area contributed by atoms with Gasteiger partial charge in [-0.1, -0.05) is 71.2 Å². The number of nitrogens with zero attached hydrogens (tertiary/aromatic N) is 11. The Kier molecular flexibility index (Phi) is 23.5. The number of aromatic nitrogens is 9. The van der Waals surface area contributed by atoms with Crippen molar-refractivity contribution >= 4 is 81.9 Å². The third-order valence-electron chi connectivity index (χ3n) is 20.8. The number of benzene rings is 3. The van der Waals surface area contributed by atoms with Crippen LogP contribution in [0.5, 0.6) is 0 Å². The van der Waals surface area contributed by atoms with Gasteiger partial charge >= 0.3 is 12.2 Å². The number of nitrogens with one attached hydrogen (secondary N) is 1. The van der Waals surface area contributed by atoms with E-state index in [4.69, 9.17) is 59.2 Å². The Morgan fingerprint density at radius 1 is 0.450 bits per heavy atom. The lowest BCUT2D eigenvalue weighted by atomic mass is 9.76. The van der Waals surface area contributed by atoms with Gasteiger partial charge < -0.3 is 38.3 Å². The Morgan fingerprint density at radius 3 is 1.09 bits per heavy atom. The number of pyridine rings is 3. The number of aryl methyl sites for hydroxylation is 3. The summed E-state index contributed by atoms with van der Waals surface area (Å²) in [5, 5.41) is 5.82. The minimum absolute atomic E-state index is 0.158. The number of imidazole rings is 3. The van der Waals surface area contributed by atoms with E-state index >= 15 is 0 Å². The van der Waals surface area contributed by atoms with E-state index in [0.717, 1.165) is 123 Å². The van der Waals surface area contributed by atoms with Gasteiger partial charge in [0.05, 0.1) is 49.3 Å². The first-order valence-corrected chi connectivity index (χ1v) is 37.0. The fourth-order valence-electron chi connectivity index (χ4n) is 16.0. The number of rotatable bonds is 17. The Morgan fingerprint density at radius 2 is 0.780 bits per heavy atom. The molecule has 1 N–H and O–H groups in total. The molecule has 3 saturated heterocycles. The molecule has 19 heteroatoms. The van der Waals surface area contributed by atoms with Crippen molar-refractivity contribution in [2.75, 3.05) is 52.5 Å². The SMILES string of the molecule is CCOC(=O)N1CCC(C2c3ccc(Cl)cc3C(CCCn3ccnc3)=Cc3cccnc32)CC1.CCOC(=O)N1CCC(C2c3ccc(Cl)cc3C(CCCn3ccnc3)=Cc3cccnc32)CC1.Clc1ccc2c(c1)C(CCCn1ccnc1)=Cc1cccnc1C2C1CCNCC1. The topological polar surface area (TPSA) is 163 Å². The number of carbonyl (C=O) groups is 2. The number of piperidine rings is 3. The van der Waals surface area contributed by atoms with E-state index in [2.05, 4.69) is 113 Å². The molecule has 3 aromatic carbocycles. The maximum Gasteiger partial charge on any atom is 0.409 e. The predicted molar refractivity (Wildman–Crippen MR) is 399 cm³/mol. The zero-order valence-electron chi connectivity index (χ0n) is 57.2. The molecule has 0 bridgehead atoms. The van der Waals surface area contributed by atoms with Gasteiger partial charge in [-0.05, 0) is 261 Å². The van der Waals surface area contributed by atoms with E-state index in [1.165, 1.54) is 85.3 Å². The standard InChI is InChI=1S/2C28H31ClN4O2.C25H27ClN4/c2*1-2-35-28(34)33-14-9-20(10-15-33)26-24-8-7-23(29)18-25(24)21(6-4-13-32-16-12-30-19-32)17-22-5-3-11-31-27(22)26;26-21-5-6-22-23(16-21)19(4-2-13-30-14-12-28-17-30)15-20-3-1-9-29-25(20)24(22)18-7-10-27-11-8-18/h2*3,5,7-8,11-12,16-20,26H,2,4,6,9-10,13-15H2,1H3;1,3,5-6,9,12,14-18,24,27H,2,4,7-8,10-11,13H2. The number of ether oxygens (including phenoxy) is 2. The third-order valence-corrected chi connectivity index (χ3v) is 21.5. The van der Waals surface area contributed by atoms with Gasteiger partial charge in [0.25, 0.3) is 0 Å². The van der Waals surface area contributed by atoms with Crippen molar-refractivity contribution in [1.82, 2.24) is 58.7 Å². The second-order valence-corrected chi connectivity index (χ2v) is 28.2. The van der Waals surface area contributed by atoms with Crippen LogP contribution in [0.3, 0.4) is 0 Å². The maximum absolute atomic E-state index is 12.3. The molecule has 2 amide bonds. The number of hydrogen-bond acceptors (Lipinski definition) is 11. The number of carbonyl (C=O) groups excluding carboxylic acids is 2. The predicted octanol–water partition coefficient (Wildman–Crippen LogP) is 17.9. The number of allylic oxidation sites excluding steroid dienone is 3. The van der Waals surface area contributed by atoms with Gasteiger partial charge in [-0.25, -0.2) is 24.5 Å². The van der Waals surface area contributed by atoms with Gasteiger partial charge in [0.15, 0.2) is 0 Å². The third kappa shape index (κ3) is 16.7. The molecular weight excluding hydrogens is 1310 g/mol. The Hall–Kier alpha value is -8.67. The summed E-state index contributed by atoms with van der Waals surface area (Å²) in [6.45, 7) is 12.3. The number of hydrogen-bond donors (Lipinski definition) is 1. The first-order valence-electron chi connectivity index (χ1n) is 35.8. The highest BCUT2D eigenvalue weighted by Crippen LogP contribution is 2.49. The van der Waals surface area contributed by atoms with Crippen molar-refractivity contribution in [3.8, 4) is 0 Å². The Bertz CT molecular complexity index is 4110. The minimum atomic E-state index is -0.209. The Labute approximate surface area is 602 Å². The number of fused-ring (bicyclic) bond motifs is 6. The molecule has 0 saturated carbocycles. The molecule has 518 valence electrons. The fraction of sp³-hybridized carbons (Fsp3) is 0.383. The van der Waals surface area contributed by atoms with E-state index in [-0.39, 0.29) is 24.0 Å². The average molecular weight is 1400 g/mol. The van der Waals surface area contributed by atoms with Crippen LogP contribution in [0.15, 0.2) is 166 Å². The van der Waals surface area contributed by atoms with Gasteiger partial charge in [-0.2, -0.15) is 0 Å². The van der Waals surface area contributed by atoms with Gasteiger partial charge in [-0.15, -0.1) is 0 Å². The normalized spacial score (nSPS) is 18.2. The molecule has 3 fully saturated rings. The zero-order valence-corrected chi connectivity index (χ0v) is 59.5. The molecule has 0 radical (unpaired) electrons. The van der Waals surface area contributed by atoms with Crippen molar-refractivity contribution in [2.45, 2.75) is 128 Å². The molecule has 6 aromatic heterocycles. The van der Waals surface area contributed by atoms with Crippen LogP contribution in [0, 0.1) is 17.8 Å². The molecular formula is C81H89Cl3N12O4. The van der Waals surface area contributed by atoms with Crippen LogP contribution in [-0.4, -0.2) is 118 Å². The largest absolute Gasteiger partial charge is 0.450 e. The minimum Gasteiger partial charge on any atom is -0.450 e. The van der Waals surface area contributed by atoms with Crippen molar-refractivity contribution in [1.29, 1.82) is 0 Å². The van der Waals surface area contributed by atoms with Crippen molar-refractivity contribution in [3.63, 3.8) is 0 Å². The van der Waals surface area contributed by atoms with Crippen LogP contribution in [0.4, 0.5) is 9.59 Å². The smallest absolute Gasteiger partial charge is 0.409 e. The van der Waals surface area contributed by atoms with Gasteiger partial charge in [0.2, 0.25) is 0 Å². The molecule has 15 rings (SSSR count). The molecule has 9 heterocycles. The van der Waals surface area contributed by atoms with Crippen LogP contribution in [0.1, 0.15) is 176 Å². The van der Waals surface area contributed by atoms with Gasteiger partial charge in [0, 0.05) is 134 Å². The maximum atomic E-state index is 12.3. The summed E-state index contributed by atoms with van der Waals surface area (Å²) in [6, 6.07) is 31.7. The molecule has 3 atom stereocenters. The van der Waals surface area contributed by atoms with Gasteiger partial charge in [0.1, 0.15) is 0 Å².